The van der Waals surface area contributed by atoms with Gasteiger partial charge in [0.2, 0.25) is 0 Å². The minimum absolute atomic E-state index is 0.0288. The number of hydrogen-bond donors (Lipinski definition) is 1. The second kappa shape index (κ2) is 6.39. The number of rotatable bonds is 4. The van der Waals surface area contributed by atoms with Crippen LogP contribution in [-0.4, -0.2) is 22.8 Å². The molecule has 0 aliphatic rings. The van der Waals surface area contributed by atoms with Gasteiger partial charge in [-0.1, -0.05) is 17.7 Å². The highest BCUT2D eigenvalue weighted by Gasteiger charge is 2.22. The molecular formula is C17H13ClN4O2S2. The van der Waals surface area contributed by atoms with E-state index < -0.39 is 10.0 Å². The number of aromatic nitrogens is 3. The van der Waals surface area contributed by atoms with Gasteiger partial charge in [0, 0.05) is 12.4 Å². The van der Waals surface area contributed by atoms with Crippen LogP contribution in [-0.2, 0) is 10.0 Å². The summed E-state index contributed by atoms with van der Waals surface area (Å²) in [5.41, 5.74) is 2.29. The number of hydrogen-bond acceptors (Lipinski definition) is 5. The highest BCUT2D eigenvalue weighted by atomic mass is 35.5. The number of fused-ring (bicyclic) bond motifs is 1. The summed E-state index contributed by atoms with van der Waals surface area (Å²) in [5.74, 6) is 0.386. The van der Waals surface area contributed by atoms with Crippen LogP contribution in [0.1, 0.15) is 5.56 Å². The van der Waals surface area contributed by atoms with Crippen molar-refractivity contribution in [1.29, 1.82) is 0 Å². The Bertz CT molecular complexity index is 1180. The first-order chi connectivity index (χ1) is 12.4. The quantitative estimate of drug-likeness (QED) is 0.516. The average molecular weight is 405 g/mol. The zero-order chi connectivity index (χ0) is 18.3. The highest BCUT2D eigenvalue weighted by Crippen LogP contribution is 2.33. The van der Waals surface area contributed by atoms with Crippen molar-refractivity contribution < 1.29 is 8.42 Å². The molecule has 4 aromatic heterocycles. The summed E-state index contributed by atoms with van der Waals surface area (Å²) in [6.45, 7) is 1.96. The highest BCUT2D eigenvalue weighted by molar-refractivity contribution is 7.92. The minimum Gasteiger partial charge on any atom is -0.285 e. The molecule has 0 saturated carbocycles. The Morgan fingerprint density at radius 1 is 1.23 bits per heavy atom. The summed E-state index contributed by atoms with van der Waals surface area (Å²) in [7, 11) is -3.84. The SMILES string of the molecule is Cc1ccn2c(NS(=O)(=O)c3ccc(Cl)nc3)c(-c3cccs3)nc2c1. The van der Waals surface area contributed by atoms with E-state index in [1.54, 1.807) is 10.6 Å². The number of anilines is 1. The predicted molar refractivity (Wildman–Crippen MR) is 103 cm³/mol. The number of sulfonamides is 1. The van der Waals surface area contributed by atoms with Crippen molar-refractivity contribution in [2.45, 2.75) is 11.8 Å². The monoisotopic (exact) mass is 404 g/mol. The number of halogens is 1. The molecule has 0 atom stereocenters. The Hall–Kier alpha value is -2.42. The molecule has 1 N–H and O–H groups in total. The number of aryl methyl sites for hydroxylation is 1. The zero-order valence-corrected chi connectivity index (χ0v) is 15.9. The predicted octanol–water partition coefficient (Wildman–Crippen LogP) is 4.22. The number of pyridine rings is 2. The number of nitrogens with zero attached hydrogens (tertiary/aromatic N) is 3. The Kier molecular flexibility index (Phi) is 4.18. The van der Waals surface area contributed by atoms with Gasteiger partial charge in [0.1, 0.15) is 21.4 Å². The van der Waals surface area contributed by atoms with E-state index in [0.29, 0.717) is 17.2 Å². The van der Waals surface area contributed by atoms with E-state index >= 15 is 0 Å². The van der Waals surface area contributed by atoms with Crippen molar-refractivity contribution in [3.63, 3.8) is 0 Å². The molecule has 6 nitrogen and oxygen atoms in total. The van der Waals surface area contributed by atoms with Crippen molar-refractivity contribution in [2.24, 2.45) is 0 Å². The molecule has 0 fully saturated rings. The van der Waals surface area contributed by atoms with E-state index in [1.807, 2.05) is 36.6 Å². The van der Waals surface area contributed by atoms with Gasteiger partial charge in [-0.25, -0.2) is 18.4 Å². The molecule has 0 radical (unpaired) electrons. The van der Waals surface area contributed by atoms with Crippen molar-refractivity contribution in [3.05, 3.63) is 64.9 Å². The van der Waals surface area contributed by atoms with Gasteiger partial charge in [-0.3, -0.25) is 9.12 Å². The second-order valence-corrected chi connectivity index (χ2v) is 8.66. The average Bonchev–Trinajstić information content (AvgIpc) is 3.23. The van der Waals surface area contributed by atoms with E-state index in [4.69, 9.17) is 11.6 Å². The summed E-state index contributed by atoms with van der Waals surface area (Å²) in [4.78, 5) is 9.37. The third-order valence-electron chi connectivity index (χ3n) is 3.78. The fraction of sp³-hybridized carbons (Fsp3) is 0.0588. The van der Waals surface area contributed by atoms with Crippen molar-refractivity contribution in [1.82, 2.24) is 14.4 Å². The summed E-state index contributed by atoms with van der Waals surface area (Å²) in [5, 5.41) is 2.15. The molecule has 4 rings (SSSR count). The largest absolute Gasteiger partial charge is 0.285 e. The summed E-state index contributed by atoms with van der Waals surface area (Å²) < 4.78 is 30.0. The maximum atomic E-state index is 12.8. The molecule has 0 amide bonds. The first-order valence-corrected chi connectivity index (χ1v) is 10.3. The van der Waals surface area contributed by atoms with Gasteiger partial charge < -0.3 is 0 Å². The van der Waals surface area contributed by atoms with E-state index in [9.17, 15) is 8.42 Å². The maximum Gasteiger partial charge on any atom is 0.264 e. The van der Waals surface area contributed by atoms with Gasteiger partial charge in [-0.2, -0.15) is 0 Å². The van der Waals surface area contributed by atoms with Gasteiger partial charge in [-0.15, -0.1) is 11.3 Å². The van der Waals surface area contributed by atoms with E-state index in [1.165, 1.54) is 29.7 Å². The molecule has 26 heavy (non-hydrogen) atoms. The maximum absolute atomic E-state index is 12.8. The molecule has 0 aliphatic carbocycles. The van der Waals surface area contributed by atoms with E-state index in [2.05, 4.69) is 14.7 Å². The molecule has 4 heterocycles. The van der Waals surface area contributed by atoms with E-state index in [0.717, 1.165) is 10.4 Å². The normalized spacial score (nSPS) is 11.8. The van der Waals surface area contributed by atoms with Crippen LogP contribution in [0.15, 0.2) is 59.1 Å². The van der Waals surface area contributed by atoms with Crippen LogP contribution in [0.3, 0.4) is 0 Å². The van der Waals surface area contributed by atoms with E-state index in [-0.39, 0.29) is 10.0 Å². The van der Waals surface area contributed by atoms with Gasteiger partial charge in [0.25, 0.3) is 10.0 Å². The fourth-order valence-electron chi connectivity index (χ4n) is 2.54. The molecule has 0 unspecified atom stereocenters. The number of thiophene rings is 1. The van der Waals surface area contributed by atoms with Crippen molar-refractivity contribution in [2.75, 3.05) is 4.72 Å². The third kappa shape index (κ3) is 3.07. The second-order valence-electron chi connectivity index (χ2n) is 5.64. The molecule has 0 saturated heterocycles. The summed E-state index contributed by atoms with van der Waals surface area (Å²) >= 11 is 7.24. The van der Waals surface area contributed by atoms with Crippen molar-refractivity contribution in [3.8, 4) is 10.6 Å². The first kappa shape index (κ1) is 17.0. The molecule has 0 bridgehead atoms. The lowest BCUT2D eigenvalue weighted by atomic mass is 10.3. The van der Waals surface area contributed by atoms with Gasteiger partial charge >= 0.3 is 0 Å². The fourth-order valence-corrected chi connectivity index (χ4v) is 4.37. The van der Waals surface area contributed by atoms with Gasteiger partial charge in [0.15, 0.2) is 5.82 Å². The summed E-state index contributed by atoms with van der Waals surface area (Å²) in [6, 6.07) is 10.5. The smallest absolute Gasteiger partial charge is 0.264 e. The Morgan fingerprint density at radius 3 is 2.77 bits per heavy atom. The summed E-state index contributed by atoms with van der Waals surface area (Å²) in [6.07, 6.45) is 3.02. The molecule has 9 heteroatoms. The Balaban J connectivity index is 1.87. The van der Waals surface area contributed by atoms with Gasteiger partial charge in [-0.05, 0) is 48.2 Å². The van der Waals surface area contributed by atoms with Crippen molar-refractivity contribution >= 4 is 44.4 Å². The third-order valence-corrected chi connectivity index (χ3v) is 6.20. The minimum atomic E-state index is -3.84. The molecule has 4 aromatic rings. The lowest BCUT2D eigenvalue weighted by Crippen LogP contribution is -2.15. The molecule has 0 aromatic carbocycles. The lowest BCUT2D eigenvalue weighted by Gasteiger charge is -2.09. The van der Waals surface area contributed by atoms with Crippen LogP contribution in [0.2, 0.25) is 5.15 Å². The Morgan fingerprint density at radius 2 is 2.08 bits per heavy atom. The van der Waals surface area contributed by atoms with Crippen LogP contribution in [0.5, 0.6) is 0 Å². The standard InChI is InChI=1S/C17H13ClN4O2S2/c1-11-6-7-22-15(9-11)20-16(13-3-2-8-25-13)17(22)21-26(23,24)12-4-5-14(18)19-10-12/h2-10,21H,1H3. The number of imidazole rings is 1. The van der Waals surface area contributed by atoms with Crippen LogP contribution in [0.25, 0.3) is 16.2 Å². The van der Waals surface area contributed by atoms with Crippen LogP contribution < -0.4 is 4.72 Å². The van der Waals surface area contributed by atoms with Crippen LogP contribution in [0.4, 0.5) is 5.82 Å². The topological polar surface area (TPSA) is 76.4 Å². The zero-order valence-electron chi connectivity index (χ0n) is 13.5. The molecule has 0 aliphatic heterocycles. The van der Waals surface area contributed by atoms with Crippen LogP contribution in [0, 0.1) is 6.92 Å². The molecule has 0 spiro atoms. The molecule has 132 valence electrons. The first-order valence-electron chi connectivity index (χ1n) is 7.61. The van der Waals surface area contributed by atoms with Gasteiger partial charge in [0.05, 0.1) is 4.88 Å². The molecular weight excluding hydrogens is 392 g/mol. The lowest BCUT2D eigenvalue weighted by molar-refractivity contribution is 0.600. The Labute approximate surface area is 159 Å². The van der Waals surface area contributed by atoms with Crippen LogP contribution >= 0.6 is 22.9 Å². The number of nitrogens with one attached hydrogen (secondary N) is 1.